The molecule has 2 atom stereocenters. The molecule has 1 aromatic rings. The lowest BCUT2D eigenvalue weighted by molar-refractivity contribution is 0.295. The Balaban J connectivity index is 1.68. The third-order valence-electron chi connectivity index (χ3n) is 5.07. The van der Waals surface area contributed by atoms with E-state index in [2.05, 4.69) is 36.5 Å². The Hall–Kier alpha value is -0.820. The van der Waals surface area contributed by atoms with Crippen LogP contribution >= 0.6 is 0 Å². The molecule has 20 heavy (non-hydrogen) atoms. The molecule has 3 rings (SSSR count). The topological polar surface area (TPSA) is 12.0 Å². The van der Waals surface area contributed by atoms with Crippen molar-refractivity contribution in [1.82, 2.24) is 5.32 Å². The molecule has 2 aliphatic rings. The minimum absolute atomic E-state index is 0.798. The normalized spacial score (nSPS) is 26.6. The van der Waals surface area contributed by atoms with E-state index >= 15 is 0 Å². The highest BCUT2D eigenvalue weighted by Gasteiger charge is 2.28. The highest BCUT2D eigenvalue weighted by atomic mass is 14.9. The standard InChI is InChI=1S/C19H29N/c1-2-6-15-7-5-9-16(13-15)19-10-4-3-8-17(19)14-20-18-11-12-18/h5,7,9,13,17-20H,2-4,6,8,10-12,14H2,1H3. The first-order chi connectivity index (χ1) is 9.86. The maximum absolute atomic E-state index is 3.77. The van der Waals surface area contributed by atoms with E-state index in [1.54, 1.807) is 5.56 Å². The van der Waals surface area contributed by atoms with Gasteiger partial charge in [0.1, 0.15) is 0 Å². The van der Waals surface area contributed by atoms with Gasteiger partial charge in [-0.3, -0.25) is 0 Å². The molecule has 0 spiro atoms. The van der Waals surface area contributed by atoms with E-state index in [1.165, 1.54) is 63.5 Å². The molecular weight excluding hydrogens is 242 g/mol. The van der Waals surface area contributed by atoms with Gasteiger partial charge in [0.15, 0.2) is 0 Å². The Kier molecular flexibility index (Phi) is 4.77. The minimum Gasteiger partial charge on any atom is -0.314 e. The minimum atomic E-state index is 0.798. The molecule has 1 heteroatoms. The fourth-order valence-electron chi connectivity index (χ4n) is 3.76. The van der Waals surface area contributed by atoms with Gasteiger partial charge in [-0.05, 0) is 61.6 Å². The second kappa shape index (κ2) is 6.76. The fraction of sp³-hybridized carbons (Fsp3) is 0.684. The van der Waals surface area contributed by atoms with E-state index in [0.29, 0.717) is 0 Å². The Bertz CT molecular complexity index is 422. The molecule has 0 aliphatic heterocycles. The third kappa shape index (κ3) is 3.63. The van der Waals surface area contributed by atoms with Crippen LogP contribution in [-0.2, 0) is 6.42 Å². The molecule has 2 aliphatic carbocycles. The van der Waals surface area contributed by atoms with Gasteiger partial charge in [0.2, 0.25) is 0 Å². The quantitative estimate of drug-likeness (QED) is 0.793. The Morgan fingerprint density at radius 3 is 2.75 bits per heavy atom. The zero-order chi connectivity index (χ0) is 13.8. The van der Waals surface area contributed by atoms with Crippen molar-refractivity contribution in [1.29, 1.82) is 0 Å². The molecule has 2 fully saturated rings. The summed E-state index contributed by atoms with van der Waals surface area (Å²) in [5.74, 6) is 1.66. The van der Waals surface area contributed by atoms with Crippen LogP contribution in [0.3, 0.4) is 0 Å². The zero-order valence-corrected chi connectivity index (χ0v) is 12.9. The molecule has 1 aromatic carbocycles. The van der Waals surface area contributed by atoms with E-state index in [1.807, 2.05) is 0 Å². The summed E-state index contributed by atoms with van der Waals surface area (Å²) >= 11 is 0. The van der Waals surface area contributed by atoms with Gasteiger partial charge in [-0.2, -0.15) is 0 Å². The summed E-state index contributed by atoms with van der Waals surface area (Å²) < 4.78 is 0. The number of hydrogen-bond acceptors (Lipinski definition) is 1. The van der Waals surface area contributed by atoms with Crippen molar-refractivity contribution in [2.24, 2.45) is 5.92 Å². The Labute approximate surface area is 124 Å². The Morgan fingerprint density at radius 2 is 1.95 bits per heavy atom. The summed E-state index contributed by atoms with van der Waals surface area (Å²) in [5, 5.41) is 3.77. The largest absolute Gasteiger partial charge is 0.314 e. The molecule has 1 N–H and O–H groups in total. The monoisotopic (exact) mass is 271 g/mol. The number of nitrogens with one attached hydrogen (secondary N) is 1. The van der Waals surface area contributed by atoms with Crippen LogP contribution < -0.4 is 5.32 Å². The van der Waals surface area contributed by atoms with Crippen molar-refractivity contribution in [3.8, 4) is 0 Å². The van der Waals surface area contributed by atoms with Crippen LogP contribution in [0.15, 0.2) is 24.3 Å². The van der Waals surface area contributed by atoms with Gasteiger partial charge in [0.25, 0.3) is 0 Å². The summed E-state index contributed by atoms with van der Waals surface area (Å²) in [5.41, 5.74) is 3.14. The summed E-state index contributed by atoms with van der Waals surface area (Å²) in [6, 6.07) is 10.3. The Morgan fingerprint density at radius 1 is 1.10 bits per heavy atom. The molecule has 0 heterocycles. The van der Waals surface area contributed by atoms with Gasteiger partial charge < -0.3 is 5.32 Å². The predicted molar refractivity (Wildman–Crippen MR) is 86.2 cm³/mol. The molecule has 110 valence electrons. The molecule has 2 saturated carbocycles. The summed E-state index contributed by atoms with van der Waals surface area (Å²) in [6.07, 6.45) is 11.0. The SMILES string of the molecule is CCCc1cccc(C2CCCCC2CNC2CC2)c1. The lowest BCUT2D eigenvalue weighted by atomic mass is 9.75. The third-order valence-corrected chi connectivity index (χ3v) is 5.07. The molecule has 0 amide bonds. The van der Waals surface area contributed by atoms with E-state index in [9.17, 15) is 0 Å². The molecule has 0 radical (unpaired) electrons. The fourth-order valence-corrected chi connectivity index (χ4v) is 3.76. The summed E-state index contributed by atoms with van der Waals surface area (Å²) in [6.45, 7) is 3.52. The van der Waals surface area contributed by atoms with E-state index < -0.39 is 0 Å². The number of rotatable bonds is 6. The summed E-state index contributed by atoms with van der Waals surface area (Å²) in [4.78, 5) is 0. The molecular formula is C19H29N. The lowest BCUT2D eigenvalue weighted by Crippen LogP contribution is -2.30. The average molecular weight is 271 g/mol. The second-order valence-corrected chi connectivity index (χ2v) is 6.83. The van der Waals surface area contributed by atoms with Crippen LogP contribution in [0.5, 0.6) is 0 Å². The number of hydrogen-bond donors (Lipinski definition) is 1. The summed E-state index contributed by atoms with van der Waals surface area (Å²) in [7, 11) is 0. The molecule has 0 bridgehead atoms. The average Bonchev–Trinajstić information content (AvgIpc) is 3.30. The van der Waals surface area contributed by atoms with Crippen molar-refractivity contribution < 1.29 is 0 Å². The highest BCUT2D eigenvalue weighted by Crippen LogP contribution is 2.38. The molecule has 2 unspecified atom stereocenters. The van der Waals surface area contributed by atoms with Gasteiger partial charge in [-0.1, -0.05) is 50.5 Å². The predicted octanol–water partition coefficient (Wildman–Crippen LogP) is 4.66. The smallest absolute Gasteiger partial charge is 0.00683 e. The van der Waals surface area contributed by atoms with Gasteiger partial charge in [-0.15, -0.1) is 0 Å². The molecule has 1 nitrogen and oxygen atoms in total. The van der Waals surface area contributed by atoms with Gasteiger partial charge in [-0.25, -0.2) is 0 Å². The van der Waals surface area contributed by atoms with Crippen LogP contribution in [0.2, 0.25) is 0 Å². The maximum atomic E-state index is 3.77. The molecule has 0 saturated heterocycles. The highest BCUT2D eigenvalue weighted by molar-refractivity contribution is 5.27. The van der Waals surface area contributed by atoms with E-state index in [4.69, 9.17) is 0 Å². The van der Waals surface area contributed by atoms with Gasteiger partial charge >= 0.3 is 0 Å². The van der Waals surface area contributed by atoms with Crippen LogP contribution in [-0.4, -0.2) is 12.6 Å². The van der Waals surface area contributed by atoms with Crippen molar-refractivity contribution >= 4 is 0 Å². The maximum Gasteiger partial charge on any atom is 0.00683 e. The van der Waals surface area contributed by atoms with Crippen molar-refractivity contribution in [2.45, 2.75) is 70.3 Å². The first-order valence-corrected chi connectivity index (χ1v) is 8.69. The van der Waals surface area contributed by atoms with Crippen molar-refractivity contribution in [3.05, 3.63) is 35.4 Å². The van der Waals surface area contributed by atoms with E-state index in [-0.39, 0.29) is 0 Å². The van der Waals surface area contributed by atoms with E-state index in [0.717, 1.165) is 17.9 Å². The first-order valence-electron chi connectivity index (χ1n) is 8.69. The second-order valence-electron chi connectivity index (χ2n) is 6.83. The number of benzene rings is 1. The number of aryl methyl sites for hydroxylation is 1. The lowest BCUT2D eigenvalue weighted by Gasteiger charge is -2.32. The first kappa shape index (κ1) is 14.1. The zero-order valence-electron chi connectivity index (χ0n) is 12.9. The van der Waals surface area contributed by atoms with Crippen LogP contribution in [0.4, 0.5) is 0 Å². The van der Waals surface area contributed by atoms with Gasteiger partial charge in [0.05, 0.1) is 0 Å². The van der Waals surface area contributed by atoms with Crippen LogP contribution in [0, 0.1) is 5.92 Å². The van der Waals surface area contributed by atoms with Crippen LogP contribution in [0.1, 0.15) is 68.9 Å². The van der Waals surface area contributed by atoms with Gasteiger partial charge in [0, 0.05) is 6.04 Å². The van der Waals surface area contributed by atoms with Crippen LogP contribution in [0.25, 0.3) is 0 Å². The van der Waals surface area contributed by atoms with Crippen molar-refractivity contribution in [2.75, 3.05) is 6.54 Å². The van der Waals surface area contributed by atoms with Crippen molar-refractivity contribution in [3.63, 3.8) is 0 Å². The molecule has 0 aromatic heterocycles.